The fourth-order valence-electron chi connectivity index (χ4n) is 11.7. The summed E-state index contributed by atoms with van der Waals surface area (Å²) in [6, 6.07) is -4.87. The molecule has 0 aromatic rings. The highest BCUT2D eigenvalue weighted by molar-refractivity contribution is 5.95. The maximum absolute atomic E-state index is 14.1. The summed E-state index contributed by atoms with van der Waals surface area (Å²) in [5.74, 6) is -2.48. The van der Waals surface area contributed by atoms with Crippen LogP contribution in [0.25, 0.3) is 4.85 Å². The van der Waals surface area contributed by atoms with E-state index in [-0.39, 0.29) is 66.1 Å². The molecule has 7 amide bonds. The number of nitrogens with zero attached hydrogens (tertiary/aromatic N) is 3. The van der Waals surface area contributed by atoms with Gasteiger partial charge in [0.25, 0.3) is 19.0 Å². The zero-order chi connectivity index (χ0) is 61.2. The molecule has 6 aliphatic rings. The van der Waals surface area contributed by atoms with Crippen LogP contribution in [0.1, 0.15) is 153 Å². The number of aldehydes is 1. The lowest BCUT2D eigenvalue weighted by Crippen LogP contribution is -2.60. The van der Waals surface area contributed by atoms with E-state index in [0.29, 0.717) is 52.1 Å². The number of alkyl carbamates (subject to hydrolysis) is 2. The van der Waals surface area contributed by atoms with Crippen molar-refractivity contribution in [2.75, 3.05) is 52.6 Å². The first-order chi connectivity index (χ1) is 38.5. The fraction of sp³-hybridized carbons (Fsp3) is 0.767. The summed E-state index contributed by atoms with van der Waals surface area (Å²) in [5.41, 5.74) is -1.70. The van der Waals surface area contributed by atoms with Crippen molar-refractivity contribution in [3.63, 3.8) is 0 Å². The molecule has 6 rings (SSSR count). The maximum atomic E-state index is 14.1. The number of rotatable bonds is 9. The number of carbonyl (C=O) groups is 9. The maximum Gasteiger partial charge on any atom is 0.408 e. The van der Waals surface area contributed by atoms with Crippen LogP contribution in [0.15, 0.2) is 25.3 Å². The molecule has 11 atom stereocenters. The molecule has 2 saturated carbocycles. The number of piperidine rings is 2. The Morgan fingerprint density at radius 3 is 1.55 bits per heavy atom. The molecular weight excluding hydrogens is 1060 g/mol. The van der Waals surface area contributed by atoms with E-state index >= 15 is 0 Å². The van der Waals surface area contributed by atoms with Crippen molar-refractivity contribution in [1.29, 1.82) is 0 Å². The number of fused-ring (bicyclic) bond motifs is 6. The molecule has 2 aliphatic carbocycles. The summed E-state index contributed by atoms with van der Waals surface area (Å²) >= 11 is 0. The normalized spacial score (nSPS) is 29.0. The van der Waals surface area contributed by atoms with E-state index in [1.165, 1.54) is 17.9 Å². The number of carbonyl (C=O) groups excluding carboxylic acids is 9. The van der Waals surface area contributed by atoms with Crippen LogP contribution in [0, 0.1) is 41.1 Å². The lowest BCUT2D eigenvalue weighted by Gasteiger charge is -2.35. The largest absolute Gasteiger partial charge is 0.450 e. The van der Waals surface area contributed by atoms with Crippen molar-refractivity contribution in [1.82, 2.24) is 36.4 Å². The van der Waals surface area contributed by atoms with Gasteiger partial charge in [-0.05, 0) is 108 Å². The van der Waals surface area contributed by atoms with E-state index in [9.17, 15) is 43.2 Å². The molecule has 1 unspecified atom stereocenters. The van der Waals surface area contributed by atoms with Crippen molar-refractivity contribution in [2.45, 2.75) is 207 Å². The van der Waals surface area contributed by atoms with Crippen LogP contribution in [-0.2, 0) is 57.2 Å². The Morgan fingerprint density at radius 2 is 1.15 bits per heavy atom. The summed E-state index contributed by atoms with van der Waals surface area (Å²) in [6.45, 7) is 34.1. The van der Waals surface area contributed by atoms with E-state index < -0.39 is 89.4 Å². The Morgan fingerprint density at radius 1 is 0.707 bits per heavy atom. The smallest absolute Gasteiger partial charge is 0.408 e. The van der Waals surface area contributed by atoms with E-state index in [1.54, 1.807) is 52.5 Å². The molecule has 0 aromatic carbocycles. The van der Waals surface area contributed by atoms with Crippen molar-refractivity contribution >= 4 is 54.0 Å². The second-order valence-corrected chi connectivity index (χ2v) is 25.5. The fourth-order valence-corrected chi connectivity index (χ4v) is 11.7. The van der Waals surface area contributed by atoms with Gasteiger partial charge in [0.1, 0.15) is 41.7 Å². The molecule has 460 valence electrons. The summed E-state index contributed by atoms with van der Waals surface area (Å²) in [7, 11) is 0. The highest BCUT2D eigenvalue weighted by Crippen LogP contribution is 2.66. The molecule has 22 heteroatoms. The Kier molecular flexibility index (Phi) is 25.9. The molecule has 0 spiro atoms. The number of hydrogen-bond acceptors (Lipinski definition) is 14. The van der Waals surface area contributed by atoms with Crippen LogP contribution in [0.2, 0.25) is 0 Å². The molecule has 6 fully saturated rings. The Labute approximate surface area is 486 Å². The van der Waals surface area contributed by atoms with Gasteiger partial charge in [0.15, 0.2) is 6.10 Å². The molecule has 4 aliphatic heterocycles. The van der Waals surface area contributed by atoms with Gasteiger partial charge in [-0.25, -0.2) is 9.59 Å². The van der Waals surface area contributed by atoms with Crippen LogP contribution in [0.4, 0.5) is 9.59 Å². The van der Waals surface area contributed by atoms with Crippen LogP contribution in [-0.4, -0.2) is 170 Å². The third-order valence-corrected chi connectivity index (χ3v) is 16.1. The van der Waals surface area contributed by atoms with Gasteiger partial charge in [-0.1, -0.05) is 96.6 Å². The van der Waals surface area contributed by atoms with E-state index in [0.717, 1.165) is 64.1 Å². The zero-order valence-corrected chi connectivity index (χ0v) is 50.8. The van der Waals surface area contributed by atoms with Gasteiger partial charge in [0, 0.05) is 39.8 Å². The van der Waals surface area contributed by atoms with Crippen molar-refractivity contribution < 1.29 is 66.8 Å². The van der Waals surface area contributed by atoms with Crippen LogP contribution in [0.3, 0.4) is 0 Å². The van der Waals surface area contributed by atoms with Crippen molar-refractivity contribution in [2.24, 2.45) is 34.5 Å². The molecule has 22 nitrogen and oxygen atoms in total. The molecule has 0 aromatic heterocycles. The highest BCUT2D eigenvalue weighted by Gasteiger charge is 2.71. The Hall–Kier alpha value is -6.08. The first kappa shape index (κ1) is 68.4. The number of hydrogen-bond donors (Lipinski definition) is 5. The van der Waals surface area contributed by atoms with E-state index in [2.05, 4.69) is 72.3 Å². The number of amides is 7. The predicted octanol–water partition coefficient (Wildman–Crippen LogP) is 6.00. The quantitative estimate of drug-likeness (QED) is 0.0767. The second-order valence-electron chi connectivity index (χ2n) is 25.5. The van der Waals surface area contributed by atoms with Crippen LogP contribution >= 0.6 is 0 Å². The van der Waals surface area contributed by atoms with Crippen LogP contribution in [0.5, 0.6) is 0 Å². The number of nitrogens with one attached hydrogen (secondary N) is 5. The van der Waals surface area contributed by atoms with Gasteiger partial charge in [0.05, 0.1) is 25.3 Å². The standard InChI is InChI=1S/C31H50N4O8.C25H41N3O6.C4H6N/c1-8-15-32-27(38)25(42-19(2)36)21-14-12-10-9-11-13-16-41-18-22(34-29(40)43-30(3,4)5)28(39)35-17-20-23(31(20,6)7)24(35)26(37)33-21;1-24(2,3)34-23(32)27-18-15-33-12-10-8-6-7-9-11-16(14-29)26-21(30)20-19-17(25(19,4)5)13-28(20)22(18)31;1-3-4-5-2/h8,20-25H,1,9-18H2,2-7H3,(H,32,38)(H,33,37)(H,34,40);14,16-20H,6-13,15H2,1-5H3,(H,26,30)(H,27,32);2-3H,1,4H2/q;;+1/t20-,21-,22-,23-,24-,25?;16-,17-,18-,19-,20-;/m00./s1. The minimum absolute atomic E-state index is 0.0125. The van der Waals surface area contributed by atoms with Gasteiger partial charge >= 0.3 is 18.2 Å². The average molecular weight is 1150 g/mol. The van der Waals surface area contributed by atoms with E-state index in [1.807, 2.05) is 0 Å². The molecule has 4 saturated heterocycles. The topological polar surface area (TPSA) is 271 Å². The molecule has 0 bridgehead atoms. The van der Waals surface area contributed by atoms with E-state index in [4.69, 9.17) is 30.3 Å². The van der Waals surface area contributed by atoms with Gasteiger partial charge in [0.2, 0.25) is 23.6 Å². The first-order valence-electron chi connectivity index (χ1n) is 29.4. The molecular formula is C60H97N8O14+. The first-order valence-corrected chi connectivity index (χ1v) is 29.4. The predicted molar refractivity (Wildman–Crippen MR) is 308 cm³/mol. The third-order valence-electron chi connectivity index (χ3n) is 16.1. The monoisotopic (exact) mass is 1150 g/mol. The summed E-state index contributed by atoms with van der Waals surface area (Å²) in [5, 5.41) is 13.9. The summed E-state index contributed by atoms with van der Waals surface area (Å²) < 4.78 is 27.8. The minimum Gasteiger partial charge on any atom is -0.450 e. The van der Waals surface area contributed by atoms with Gasteiger partial charge < -0.3 is 64.9 Å². The number of ether oxygens (including phenoxy) is 5. The lowest BCUT2D eigenvalue weighted by atomic mass is 9.97. The van der Waals surface area contributed by atoms with Crippen molar-refractivity contribution in [3.8, 4) is 6.57 Å². The van der Waals surface area contributed by atoms with Crippen molar-refractivity contribution in [3.05, 3.63) is 30.2 Å². The minimum atomic E-state index is -1.25. The summed E-state index contributed by atoms with van der Waals surface area (Å²) in [4.78, 5) is 123. The van der Waals surface area contributed by atoms with Gasteiger partial charge in [-0.3, -0.25) is 28.8 Å². The highest BCUT2D eigenvalue weighted by atomic mass is 16.6. The molecule has 0 radical (unpaired) electrons. The third kappa shape index (κ3) is 20.1. The molecule has 5 N–H and O–H groups in total. The molecule has 4 heterocycles. The van der Waals surface area contributed by atoms with Crippen LogP contribution < -0.4 is 26.6 Å². The summed E-state index contributed by atoms with van der Waals surface area (Å²) in [6.07, 6.45) is 11.0. The second kappa shape index (κ2) is 31.0. The molecule has 82 heavy (non-hydrogen) atoms. The Bertz CT molecular complexity index is 2290. The number of esters is 1. The Balaban J connectivity index is 0.000000332. The van der Waals surface area contributed by atoms with Gasteiger partial charge in [-0.15, -0.1) is 6.58 Å². The average Bonchev–Trinajstić information content (AvgIpc) is 4.08. The van der Waals surface area contributed by atoms with Gasteiger partial charge in [-0.2, -0.15) is 0 Å². The lowest BCUT2D eigenvalue weighted by molar-refractivity contribution is -0.157. The SMILES string of the molecule is C#[N+]CC=C.C=CCNC(=O)C(OC(C)=O)[C@@H]1CCCCCCCOC[C@H](NC(=O)OC(C)(C)C)C(=O)N2C[C@H]3[C@@H]([C@H]2C(=O)N1)C3(C)C.CC(C)(C)OC(=O)N[C@H]1COCCCCCCC[C@@H](C=O)NC(=O)[C@@H]2[C@@H]3[C@H](CN2C1=O)C3(C)C. The zero-order valence-electron chi connectivity index (χ0n) is 50.8.